The molecule has 0 fully saturated rings. The zero-order valence-electron chi connectivity index (χ0n) is 17.3. The Labute approximate surface area is 176 Å². The number of carbonyl (C=O) groups is 1. The van der Waals surface area contributed by atoms with Gasteiger partial charge in [-0.3, -0.25) is 4.79 Å². The molecule has 0 spiro atoms. The van der Waals surface area contributed by atoms with E-state index >= 15 is 0 Å². The molecule has 0 aliphatic rings. The topological polar surface area (TPSA) is 35.5 Å². The molecule has 0 N–H and O–H groups in total. The minimum atomic E-state index is 0.00700. The minimum Gasteiger partial charge on any atom is -0.496 e. The first-order valence-electron chi connectivity index (χ1n) is 9.53. The average Bonchev–Trinajstić information content (AvgIpc) is 3.25. The summed E-state index contributed by atoms with van der Waals surface area (Å²) in [7, 11) is 1.65. The van der Waals surface area contributed by atoms with Crippen LogP contribution in [0.5, 0.6) is 11.5 Å². The molecule has 1 heterocycles. The van der Waals surface area contributed by atoms with Crippen LogP contribution < -0.4 is 9.47 Å². The van der Waals surface area contributed by atoms with Gasteiger partial charge >= 0.3 is 0 Å². The van der Waals surface area contributed by atoms with Crippen LogP contribution >= 0.6 is 11.3 Å². The molecule has 3 aromatic rings. The van der Waals surface area contributed by atoms with Crippen LogP contribution in [0.2, 0.25) is 0 Å². The van der Waals surface area contributed by atoms with E-state index in [4.69, 9.17) is 9.47 Å². The van der Waals surface area contributed by atoms with E-state index < -0.39 is 0 Å². The van der Waals surface area contributed by atoms with E-state index in [0.29, 0.717) is 6.61 Å². The zero-order valence-corrected chi connectivity index (χ0v) is 18.1. The maximum atomic E-state index is 12.2. The molecule has 0 atom stereocenters. The Kier molecular flexibility index (Phi) is 6.55. The van der Waals surface area contributed by atoms with E-state index in [2.05, 4.69) is 32.9 Å². The normalized spacial score (nSPS) is 11.6. The quantitative estimate of drug-likeness (QED) is 0.330. The van der Waals surface area contributed by atoms with Crippen LogP contribution in [0.1, 0.15) is 47.1 Å². The third-order valence-corrected chi connectivity index (χ3v) is 5.49. The van der Waals surface area contributed by atoms with Gasteiger partial charge in [0, 0.05) is 5.56 Å². The first-order chi connectivity index (χ1) is 13.9. The van der Waals surface area contributed by atoms with E-state index in [9.17, 15) is 4.79 Å². The van der Waals surface area contributed by atoms with Crippen LogP contribution in [0, 0.1) is 0 Å². The highest BCUT2D eigenvalue weighted by Crippen LogP contribution is 2.26. The summed E-state index contributed by atoms with van der Waals surface area (Å²) in [6, 6.07) is 17.7. The molecule has 0 amide bonds. The number of hydrogen-bond donors (Lipinski definition) is 0. The first-order valence-corrected chi connectivity index (χ1v) is 10.4. The molecule has 0 saturated carbocycles. The van der Waals surface area contributed by atoms with Gasteiger partial charge in [-0.15, -0.1) is 11.3 Å². The molecule has 0 aliphatic carbocycles. The summed E-state index contributed by atoms with van der Waals surface area (Å²) in [6.45, 7) is 6.96. The molecule has 0 unspecified atom stereocenters. The SMILES string of the molecule is COc1ccc(/C=C/C(=O)c2cccs2)cc1COc1ccc(C(C)(C)C)cc1. The Morgan fingerprint density at radius 1 is 1.07 bits per heavy atom. The number of allylic oxidation sites excluding steroid dienone is 1. The van der Waals surface area contributed by atoms with E-state index in [0.717, 1.165) is 27.5 Å². The van der Waals surface area contributed by atoms with Crippen molar-refractivity contribution in [3.63, 3.8) is 0 Å². The number of hydrogen-bond acceptors (Lipinski definition) is 4. The van der Waals surface area contributed by atoms with Crippen molar-refractivity contribution in [1.29, 1.82) is 0 Å². The van der Waals surface area contributed by atoms with E-state index in [1.165, 1.54) is 16.9 Å². The number of ketones is 1. The minimum absolute atomic E-state index is 0.00700. The lowest BCUT2D eigenvalue weighted by molar-refractivity contribution is 0.105. The fraction of sp³-hybridized carbons (Fsp3) is 0.240. The summed E-state index contributed by atoms with van der Waals surface area (Å²) in [5.41, 5.74) is 3.24. The fourth-order valence-corrected chi connectivity index (χ4v) is 3.55. The molecule has 29 heavy (non-hydrogen) atoms. The summed E-state index contributed by atoms with van der Waals surface area (Å²) >= 11 is 1.44. The molecule has 150 valence electrons. The molecule has 1 aromatic heterocycles. The zero-order chi connectivity index (χ0) is 20.9. The Hall–Kier alpha value is -2.85. The fourth-order valence-electron chi connectivity index (χ4n) is 2.90. The van der Waals surface area contributed by atoms with Crippen LogP contribution in [0.25, 0.3) is 6.08 Å². The van der Waals surface area contributed by atoms with Crippen molar-refractivity contribution in [2.24, 2.45) is 0 Å². The Morgan fingerprint density at radius 3 is 2.45 bits per heavy atom. The van der Waals surface area contributed by atoms with Gasteiger partial charge in [0.15, 0.2) is 5.78 Å². The predicted octanol–water partition coefficient (Wildman–Crippen LogP) is 6.53. The number of thiophene rings is 1. The number of ether oxygens (including phenoxy) is 2. The summed E-state index contributed by atoms with van der Waals surface area (Å²) in [6.07, 6.45) is 3.42. The first kappa shape index (κ1) is 20.9. The number of carbonyl (C=O) groups excluding carboxylic acids is 1. The van der Waals surface area contributed by atoms with Crippen LogP contribution in [-0.2, 0) is 12.0 Å². The number of methoxy groups -OCH3 is 1. The van der Waals surface area contributed by atoms with Gasteiger partial charge in [0.1, 0.15) is 18.1 Å². The second-order valence-electron chi connectivity index (χ2n) is 7.81. The van der Waals surface area contributed by atoms with E-state index in [1.807, 2.05) is 53.9 Å². The lowest BCUT2D eigenvalue weighted by Crippen LogP contribution is -2.10. The molecule has 4 heteroatoms. The van der Waals surface area contributed by atoms with Crippen molar-refractivity contribution in [1.82, 2.24) is 0 Å². The highest BCUT2D eigenvalue weighted by molar-refractivity contribution is 7.12. The lowest BCUT2D eigenvalue weighted by Gasteiger charge is -2.19. The van der Waals surface area contributed by atoms with Gasteiger partial charge in [-0.2, -0.15) is 0 Å². The molecule has 0 bridgehead atoms. The van der Waals surface area contributed by atoms with E-state index in [1.54, 1.807) is 13.2 Å². The molecule has 2 aromatic carbocycles. The highest BCUT2D eigenvalue weighted by atomic mass is 32.1. The van der Waals surface area contributed by atoms with E-state index in [-0.39, 0.29) is 11.2 Å². The highest BCUT2D eigenvalue weighted by Gasteiger charge is 2.13. The summed E-state index contributed by atoms with van der Waals surface area (Å²) < 4.78 is 11.4. The van der Waals surface area contributed by atoms with Crippen molar-refractivity contribution >= 4 is 23.2 Å². The molecule has 0 aliphatic heterocycles. The van der Waals surface area contributed by atoms with Gasteiger partial charge in [0.05, 0.1) is 12.0 Å². The standard InChI is InChI=1S/C25H26O3S/c1-25(2,3)20-9-11-21(12-10-20)28-17-19-16-18(8-14-23(19)27-4)7-13-22(26)24-6-5-15-29-24/h5-16H,17H2,1-4H3/b13-7+. The Balaban J connectivity index is 1.71. The molecule has 0 radical (unpaired) electrons. The largest absolute Gasteiger partial charge is 0.496 e. The Morgan fingerprint density at radius 2 is 1.83 bits per heavy atom. The Bertz CT molecular complexity index is 978. The molecule has 0 saturated heterocycles. The number of benzene rings is 2. The van der Waals surface area contributed by atoms with Gasteiger partial charge in [-0.05, 0) is 58.3 Å². The van der Waals surface area contributed by atoms with Gasteiger partial charge in [0.25, 0.3) is 0 Å². The smallest absolute Gasteiger partial charge is 0.195 e. The maximum Gasteiger partial charge on any atom is 0.195 e. The van der Waals surface area contributed by atoms with Crippen LogP contribution in [0.4, 0.5) is 0 Å². The second kappa shape index (κ2) is 9.10. The van der Waals surface area contributed by atoms with Crippen molar-refractivity contribution in [3.8, 4) is 11.5 Å². The summed E-state index contributed by atoms with van der Waals surface area (Å²) in [5.74, 6) is 1.58. The van der Waals surface area contributed by atoms with Gasteiger partial charge in [0.2, 0.25) is 0 Å². The number of rotatable bonds is 7. The average molecular weight is 407 g/mol. The van der Waals surface area contributed by atoms with Gasteiger partial charge < -0.3 is 9.47 Å². The third kappa shape index (κ3) is 5.58. The predicted molar refractivity (Wildman–Crippen MR) is 120 cm³/mol. The van der Waals surface area contributed by atoms with Crippen molar-refractivity contribution in [2.75, 3.05) is 7.11 Å². The van der Waals surface area contributed by atoms with Crippen molar-refractivity contribution in [2.45, 2.75) is 32.8 Å². The molecular weight excluding hydrogens is 380 g/mol. The van der Waals surface area contributed by atoms with Gasteiger partial charge in [-0.1, -0.05) is 51.1 Å². The molecule has 3 rings (SSSR count). The molecular formula is C25H26O3S. The van der Waals surface area contributed by atoms with Crippen LogP contribution in [0.15, 0.2) is 66.1 Å². The third-order valence-electron chi connectivity index (χ3n) is 4.61. The van der Waals surface area contributed by atoms with Crippen LogP contribution in [-0.4, -0.2) is 12.9 Å². The van der Waals surface area contributed by atoms with Crippen molar-refractivity contribution < 1.29 is 14.3 Å². The van der Waals surface area contributed by atoms with Crippen LogP contribution in [0.3, 0.4) is 0 Å². The maximum absolute atomic E-state index is 12.2. The summed E-state index contributed by atoms with van der Waals surface area (Å²) in [4.78, 5) is 12.9. The monoisotopic (exact) mass is 406 g/mol. The van der Waals surface area contributed by atoms with Gasteiger partial charge in [-0.25, -0.2) is 0 Å². The second-order valence-corrected chi connectivity index (χ2v) is 8.76. The summed E-state index contributed by atoms with van der Waals surface area (Å²) in [5, 5.41) is 1.90. The van der Waals surface area contributed by atoms with Crippen molar-refractivity contribution in [3.05, 3.63) is 87.6 Å². The molecule has 3 nitrogen and oxygen atoms in total. The lowest BCUT2D eigenvalue weighted by atomic mass is 9.87.